The van der Waals surface area contributed by atoms with Gasteiger partial charge in [0.25, 0.3) is 0 Å². The standard InChI is InChI=1S/C27H27N3O4/c1-3-16-32-22-11-13-23(14-12-22)34-26-21(10-7-15-28-26)18-29-25(31)17-24-19(2)33-27(30-24)20-8-5-4-6-9-20/h4-15H,3,16-18H2,1-2H3,(H,29,31). The van der Waals surface area contributed by atoms with Crippen molar-refractivity contribution < 1.29 is 18.7 Å². The van der Waals surface area contributed by atoms with Crippen molar-refractivity contribution in [1.29, 1.82) is 0 Å². The molecule has 2 aromatic heterocycles. The highest BCUT2D eigenvalue weighted by Gasteiger charge is 2.15. The van der Waals surface area contributed by atoms with Crippen LogP contribution in [0.4, 0.5) is 0 Å². The lowest BCUT2D eigenvalue weighted by Crippen LogP contribution is -2.25. The molecule has 2 heterocycles. The van der Waals surface area contributed by atoms with Crippen LogP contribution in [0.5, 0.6) is 17.4 Å². The van der Waals surface area contributed by atoms with Crippen LogP contribution in [0.2, 0.25) is 0 Å². The van der Waals surface area contributed by atoms with Gasteiger partial charge in [-0.15, -0.1) is 0 Å². The summed E-state index contributed by atoms with van der Waals surface area (Å²) in [4.78, 5) is 21.4. The molecule has 2 aromatic carbocycles. The van der Waals surface area contributed by atoms with Gasteiger partial charge in [-0.05, 0) is 55.8 Å². The molecule has 174 valence electrons. The first-order chi connectivity index (χ1) is 16.6. The SMILES string of the molecule is CCCOc1ccc(Oc2ncccc2CNC(=O)Cc2nc(-c3ccccc3)oc2C)cc1. The summed E-state index contributed by atoms with van der Waals surface area (Å²) in [7, 11) is 0. The number of carbonyl (C=O) groups excluding carboxylic acids is 1. The first-order valence-electron chi connectivity index (χ1n) is 11.3. The van der Waals surface area contributed by atoms with E-state index >= 15 is 0 Å². The van der Waals surface area contributed by atoms with Gasteiger partial charge in [-0.1, -0.05) is 31.2 Å². The van der Waals surface area contributed by atoms with E-state index < -0.39 is 0 Å². The van der Waals surface area contributed by atoms with Gasteiger partial charge in [0.05, 0.1) is 18.7 Å². The lowest BCUT2D eigenvalue weighted by atomic mass is 10.2. The number of carbonyl (C=O) groups is 1. The Morgan fingerprint density at radius 1 is 1.00 bits per heavy atom. The van der Waals surface area contributed by atoms with Crippen LogP contribution in [0.15, 0.2) is 77.3 Å². The quantitative estimate of drug-likeness (QED) is 0.339. The first-order valence-corrected chi connectivity index (χ1v) is 11.3. The van der Waals surface area contributed by atoms with Crippen LogP contribution >= 0.6 is 0 Å². The highest BCUT2D eigenvalue weighted by molar-refractivity contribution is 5.78. The highest BCUT2D eigenvalue weighted by Crippen LogP contribution is 2.25. The van der Waals surface area contributed by atoms with Crippen molar-refractivity contribution in [2.45, 2.75) is 33.2 Å². The Morgan fingerprint density at radius 3 is 2.53 bits per heavy atom. The number of oxazole rings is 1. The Morgan fingerprint density at radius 2 is 1.76 bits per heavy atom. The maximum atomic E-state index is 12.6. The van der Waals surface area contributed by atoms with Gasteiger partial charge >= 0.3 is 0 Å². The zero-order valence-electron chi connectivity index (χ0n) is 19.3. The van der Waals surface area contributed by atoms with E-state index in [4.69, 9.17) is 13.9 Å². The van der Waals surface area contributed by atoms with Crippen LogP contribution in [0.3, 0.4) is 0 Å². The van der Waals surface area contributed by atoms with Crippen LogP contribution in [0.1, 0.15) is 30.4 Å². The zero-order valence-corrected chi connectivity index (χ0v) is 19.3. The van der Waals surface area contributed by atoms with Gasteiger partial charge in [0.2, 0.25) is 17.7 Å². The number of pyridine rings is 1. The van der Waals surface area contributed by atoms with E-state index in [1.165, 1.54) is 0 Å². The molecule has 0 atom stereocenters. The number of nitrogens with zero attached hydrogens (tertiary/aromatic N) is 2. The van der Waals surface area contributed by atoms with Crippen molar-refractivity contribution in [2.75, 3.05) is 6.61 Å². The molecule has 1 amide bonds. The largest absolute Gasteiger partial charge is 0.494 e. The average Bonchev–Trinajstić information content (AvgIpc) is 3.23. The third-order valence-corrected chi connectivity index (χ3v) is 5.08. The van der Waals surface area contributed by atoms with Gasteiger partial charge in [-0.25, -0.2) is 9.97 Å². The molecule has 0 aliphatic carbocycles. The number of ether oxygens (including phenoxy) is 2. The molecule has 0 aliphatic heterocycles. The number of hydrogen-bond acceptors (Lipinski definition) is 6. The minimum Gasteiger partial charge on any atom is -0.494 e. The molecule has 0 aliphatic rings. The van der Waals surface area contributed by atoms with E-state index in [2.05, 4.69) is 22.2 Å². The van der Waals surface area contributed by atoms with E-state index in [0.717, 1.165) is 23.3 Å². The van der Waals surface area contributed by atoms with Crippen molar-refractivity contribution in [3.8, 4) is 28.8 Å². The summed E-state index contributed by atoms with van der Waals surface area (Å²) in [6.07, 6.45) is 2.73. The molecular formula is C27H27N3O4. The molecule has 0 bridgehead atoms. The van der Waals surface area contributed by atoms with Crippen molar-refractivity contribution in [3.05, 3.63) is 89.9 Å². The lowest BCUT2D eigenvalue weighted by Gasteiger charge is -2.11. The van der Waals surface area contributed by atoms with E-state index in [9.17, 15) is 4.79 Å². The molecule has 7 heteroatoms. The summed E-state index contributed by atoms with van der Waals surface area (Å²) in [5.74, 6) is 2.85. The normalized spacial score (nSPS) is 10.6. The number of rotatable bonds is 10. The third-order valence-electron chi connectivity index (χ3n) is 5.08. The number of amides is 1. The van der Waals surface area contributed by atoms with Crippen LogP contribution in [0, 0.1) is 6.92 Å². The Balaban J connectivity index is 1.36. The molecule has 7 nitrogen and oxygen atoms in total. The summed E-state index contributed by atoms with van der Waals surface area (Å²) in [5.41, 5.74) is 2.26. The second kappa shape index (κ2) is 11.1. The lowest BCUT2D eigenvalue weighted by molar-refractivity contribution is -0.120. The molecule has 0 unspecified atom stereocenters. The van der Waals surface area contributed by atoms with E-state index in [0.29, 0.717) is 35.6 Å². The van der Waals surface area contributed by atoms with Crippen LogP contribution in [-0.2, 0) is 17.8 Å². The fourth-order valence-corrected chi connectivity index (χ4v) is 3.29. The molecule has 0 fully saturated rings. The molecule has 0 spiro atoms. The Hall–Kier alpha value is -4.13. The highest BCUT2D eigenvalue weighted by atomic mass is 16.5. The minimum atomic E-state index is -0.164. The minimum absolute atomic E-state index is 0.123. The van der Waals surface area contributed by atoms with E-state index in [1.54, 1.807) is 6.20 Å². The van der Waals surface area contributed by atoms with Crippen LogP contribution in [0.25, 0.3) is 11.5 Å². The van der Waals surface area contributed by atoms with Gasteiger partial charge in [0.1, 0.15) is 17.3 Å². The predicted molar refractivity (Wildman–Crippen MR) is 129 cm³/mol. The molecule has 0 radical (unpaired) electrons. The van der Waals surface area contributed by atoms with E-state index in [1.807, 2.05) is 73.7 Å². The topological polar surface area (TPSA) is 86.5 Å². The number of nitrogens with one attached hydrogen (secondary N) is 1. The number of aryl methyl sites for hydroxylation is 1. The Labute approximate surface area is 198 Å². The average molecular weight is 458 g/mol. The molecule has 1 N–H and O–H groups in total. The van der Waals surface area contributed by atoms with Gasteiger partial charge in [-0.3, -0.25) is 4.79 Å². The monoisotopic (exact) mass is 457 g/mol. The van der Waals surface area contributed by atoms with Crippen molar-refractivity contribution in [2.24, 2.45) is 0 Å². The smallest absolute Gasteiger partial charge is 0.226 e. The molecule has 4 aromatic rings. The second-order valence-corrected chi connectivity index (χ2v) is 7.73. The fourth-order valence-electron chi connectivity index (χ4n) is 3.29. The van der Waals surface area contributed by atoms with Gasteiger partial charge < -0.3 is 19.2 Å². The summed E-state index contributed by atoms with van der Waals surface area (Å²) in [5, 5.41) is 2.92. The van der Waals surface area contributed by atoms with Crippen molar-refractivity contribution in [3.63, 3.8) is 0 Å². The summed E-state index contributed by atoms with van der Waals surface area (Å²) >= 11 is 0. The molecule has 0 saturated heterocycles. The summed E-state index contributed by atoms with van der Waals surface area (Å²) in [6.45, 7) is 4.83. The predicted octanol–water partition coefficient (Wildman–Crippen LogP) is 5.49. The molecule has 34 heavy (non-hydrogen) atoms. The number of benzene rings is 2. The second-order valence-electron chi connectivity index (χ2n) is 7.73. The van der Waals surface area contributed by atoms with Crippen molar-refractivity contribution >= 4 is 5.91 Å². The first kappa shape index (κ1) is 23.0. The summed E-state index contributed by atoms with van der Waals surface area (Å²) in [6, 6.07) is 20.7. The Bertz CT molecular complexity index is 1220. The number of aromatic nitrogens is 2. The Kier molecular flexibility index (Phi) is 7.55. The zero-order chi connectivity index (χ0) is 23.8. The molecular weight excluding hydrogens is 430 g/mol. The van der Waals surface area contributed by atoms with Gasteiger partial charge in [-0.2, -0.15) is 0 Å². The fraction of sp³-hybridized carbons (Fsp3) is 0.222. The third kappa shape index (κ3) is 6.01. The maximum absolute atomic E-state index is 12.6. The van der Waals surface area contributed by atoms with Crippen molar-refractivity contribution in [1.82, 2.24) is 15.3 Å². The van der Waals surface area contributed by atoms with E-state index in [-0.39, 0.29) is 18.9 Å². The summed E-state index contributed by atoms with van der Waals surface area (Å²) < 4.78 is 17.3. The number of hydrogen-bond donors (Lipinski definition) is 1. The van der Waals surface area contributed by atoms with Crippen LogP contribution < -0.4 is 14.8 Å². The van der Waals surface area contributed by atoms with Gasteiger partial charge in [0, 0.05) is 23.9 Å². The molecule has 0 saturated carbocycles. The maximum Gasteiger partial charge on any atom is 0.226 e. The van der Waals surface area contributed by atoms with Gasteiger partial charge in [0.15, 0.2) is 0 Å². The van der Waals surface area contributed by atoms with Crippen LogP contribution in [-0.4, -0.2) is 22.5 Å². The molecule has 4 rings (SSSR count).